The number of aromatic nitrogens is 1. The zero-order valence-corrected chi connectivity index (χ0v) is 9.91. The van der Waals surface area contributed by atoms with Gasteiger partial charge < -0.3 is 14.5 Å². The Labute approximate surface area is 107 Å². The fourth-order valence-electron chi connectivity index (χ4n) is 2.28. The van der Waals surface area contributed by atoms with Crippen molar-refractivity contribution in [3.05, 3.63) is 39.7 Å². The molecule has 1 aliphatic rings. The largest absolute Gasteiger partial charge is 0.433 e. The molecule has 0 aliphatic carbocycles. The van der Waals surface area contributed by atoms with Crippen molar-refractivity contribution in [2.45, 2.75) is 19.6 Å². The molecule has 1 aliphatic heterocycles. The Morgan fingerprint density at radius 2 is 2.21 bits per heavy atom. The highest BCUT2D eigenvalue weighted by Crippen LogP contribution is 2.25. The summed E-state index contributed by atoms with van der Waals surface area (Å²) < 4.78 is 34.4. The number of para-hydroxylation sites is 1. The zero-order chi connectivity index (χ0) is 13.4. The van der Waals surface area contributed by atoms with E-state index in [1.165, 1.54) is 12.1 Å². The SMILES string of the molecule is O=c1c2c([nH]c3c(OC(F)F)cccc13)CCOC2. The first-order valence-corrected chi connectivity index (χ1v) is 5.86. The molecular formula is C13H11F2NO3. The number of aromatic amines is 1. The lowest BCUT2D eigenvalue weighted by molar-refractivity contribution is -0.0489. The highest BCUT2D eigenvalue weighted by Gasteiger charge is 2.18. The number of rotatable bonds is 2. The van der Waals surface area contributed by atoms with Gasteiger partial charge in [0.05, 0.1) is 18.7 Å². The molecule has 4 nitrogen and oxygen atoms in total. The van der Waals surface area contributed by atoms with Crippen LogP contribution in [0.2, 0.25) is 0 Å². The van der Waals surface area contributed by atoms with E-state index in [1.807, 2.05) is 0 Å². The van der Waals surface area contributed by atoms with E-state index >= 15 is 0 Å². The smallest absolute Gasteiger partial charge is 0.387 e. The van der Waals surface area contributed by atoms with Crippen molar-refractivity contribution >= 4 is 10.9 Å². The summed E-state index contributed by atoms with van der Waals surface area (Å²) in [5.74, 6) is -0.0149. The van der Waals surface area contributed by atoms with E-state index in [0.717, 1.165) is 5.69 Å². The van der Waals surface area contributed by atoms with Gasteiger partial charge in [0.2, 0.25) is 0 Å². The lowest BCUT2D eigenvalue weighted by atomic mass is 10.1. The quantitative estimate of drug-likeness (QED) is 0.907. The van der Waals surface area contributed by atoms with E-state index < -0.39 is 6.61 Å². The Morgan fingerprint density at radius 1 is 1.37 bits per heavy atom. The molecule has 100 valence electrons. The third-order valence-corrected chi connectivity index (χ3v) is 3.14. The van der Waals surface area contributed by atoms with Crippen LogP contribution in [0, 0.1) is 0 Å². The van der Waals surface area contributed by atoms with Gasteiger partial charge in [0.15, 0.2) is 5.43 Å². The van der Waals surface area contributed by atoms with Gasteiger partial charge in [0.1, 0.15) is 5.75 Å². The molecule has 0 amide bonds. The Balaban J connectivity index is 2.26. The number of alkyl halides is 2. The van der Waals surface area contributed by atoms with Crippen LogP contribution < -0.4 is 10.2 Å². The Kier molecular flexibility index (Phi) is 2.94. The number of hydrogen-bond donors (Lipinski definition) is 1. The molecule has 2 aromatic rings. The van der Waals surface area contributed by atoms with Gasteiger partial charge >= 0.3 is 6.61 Å². The molecule has 0 spiro atoms. The van der Waals surface area contributed by atoms with Gasteiger partial charge in [-0.2, -0.15) is 8.78 Å². The summed E-state index contributed by atoms with van der Waals surface area (Å²) in [4.78, 5) is 15.3. The van der Waals surface area contributed by atoms with E-state index in [1.54, 1.807) is 6.07 Å². The monoisotopic (exact) mass is 267 g/mol. The van der Waals surface area contributed by atoms with Crippen molar-refractivity contribution < 1.29 is 18.3 Å². The minimum Gasteiger partial charge on any atom is -0.433 e. The number of hydrogen-bond acceptors (Lipinski definition) is 3. The van der Waals surface area contributed by atoms with Crippen LogP contribution in [0.25, 0.3) is 10.9 Å². The van der Waals surface area contributed by atoms with E-state index in [4.69, 9.17) is 4.74 Å². The summed E-state index contributed by atoms with van der Waals surface area (Å²) in [6.45, 7) is -2.17. The van der Waals surface area contributed by atoms with Crippen LogP contribution >= 0.6 is 0 Å². The normalized spacial score (nSPS) is 14.7. The van der Waals surface area contributed by atoms with Crippen LogP contribution in [0.1, 0.15) is 11.3 Å². The van der Waals surface area contributed by atoms with Crippen molar-refractivity contribution in [3.8, 4) is 5.75 Å². The van der Waals surface area contributed by atoms with Gasteiger partial charge in [-0.15, -0.1) is 0 Å². The molecule has 0 fully saturated rings. The van der Waals surface area contributed by atoms with Gasteiger partial charge in [-0.1, -0.05) is 6.07 Å². The number of nitrogens with one attached hydrogen (secondary N) is 1. The molecule has 0 saturated carbocycles. The first-order chi connectivity index (χ1) is 9.16. The first-order valence-electron chi connectivity index (χ1n) is 5.86. The van der Waals surface area contributed by atoms with Gasteiger partial charge in [-0.05, 0) is 12.1 Å². The molecule has 2 heterocycles. The fourth-order valence-corrected chi connectivity index (χ4v) is 2.28. The molecule has 3 rings (SSSR count). The van der Waals surface area contributed by atoms with Crippen molar-refractivity contribution in [1.29, 1.82) is 0 Å². The predicted molar refractivity (Wildman–Crippen MR) is 64.6 cm³/mol. The first kappa shape index (κ1) is 12.1. The van der Waals surface area contributed by atoms with Gasteiger partial charge in [-0.25, -0.2) is 0 Å². The topological polar surface area (TPSA) is 51.3 Å². The van der Waals surface area contributed by atoms with Crippen LogP contribution in [0.5, 0.6) is 5.75 Å². The maximum atomic E-state index is 12.4. The molecule has 1 N–H and O–H groups in total. The minimum absolute atomic E-state index is 0.0149. The molecule has 19 heavy (non-hydrogen) atoms. The Hall–Kier alpha value is -1.95. The molecule has 0 unspecified atom stereocenters. The molecule has 0 bridgehead atoms. The second-order valence-corrected chi connectivity index (χ2v) is 4.27. The molecule has 1 aromatic heterocycles. The molecule has 0 radical (unpaired) electrons. The second-order valence-electron chi connectivity index (χ2n) is 4.27. The van der Waals surface area contributed by atoms with Crippen molar-refractivity contribution in [2.24, 2.45) is 0 Å². The van der Waals surface area contributed by atoms with Crippen LogP contribution in [0.15, 0.2) is 23.0 Å². The Bertz CT molecular complexity index is 681. The summed E-state index contributed by atoms with van der Waals surface area (Å²) in [6.07, 6.45) is 0.559. The van der Waals surface area contributed by atoms with Crippen LogP contribution in [-0.2, 0) is 17.8 Å². The van der Waals surface area contributed by atoms with Crippen LogP contribution in [-0.4, -0.2) is 18.2 Å². The summed E-state index contributed by atoms with van der Waals surface area (Å²) in [5.41, 5.74) is 1.42. The number of pyridine rings is 1. The number of benzene rings is 1. The summed E-state index contributed by atoms with van der Waals surface area (Å²) >= 11 is 0. The molecule has 1 aromatic carbocycles. The number of ether oxygens (including phenoxy) is 2. The third-order valence-electron chi connectivity index (χ3n) is 3.14. The average Bonchev–Trinajstić information content (AvgIpc) is 2.40. The highest BCUT2D eigenvalue weighted by atomic mass is 19.3. The van der Waals surface area contributed by atoms with E-state index in [9.17, 15) is 13.6 Å². The van der Waals surface area contributed by atoms with Gasteiger partial charge in [-0.3, -0.25) is 4.79 Å². The van der Waals surface area contributed by atoms with Crippen molar-refractivity contribution in [3.63, 3.8) is 0 Å². The van der Waals surface area contributed by atoms with Crippen molar-refractivity contribution in [1.82, 2.24) is 4.98 Å². The second kappa shape index (κ2) is 4.62. The number of halogens is 2. The number of fused-ring (bicyclic) bond motifs is 2. The maximum absolute atomic E-state index is 12.4. The zero-order valence-electron chi connectivity index (χ0n) is 9.91. The van der Waals surface area contributed by atoms with E-state index in [2.05, 4.69) is 9.72 Å². The number of H-pyrrole nitrogens is 1. The predicted octanol–water partition coefficient (Wildman–Crippen LogP) is 2.20. The molecule has 0 atom stereocenters. The Morgan fingerprint density at radius 3 is 3.00 bits per heavy atom. The molecular weight excluding hydrogens is 256 g/mol. The summed E-state index contributed by atoms with van der Waals surface area (Å²) in [5, 5.41) is 0.336. The summed E-state index contributed by atoms with van der Waals surface area (Å²) in [6, 6.07) is 4.52. The average molecular weight is 267 g/mol. The maximum Gasteiger partial charge on any atom is 0.387 e. The van der Waals surface area contributed by atoms with E-state index in [0.29, 0.717) is 29.5 Å². The lowest BCUT2D eigenvalue weighted by Crippen LogP contribution is -2.22. The fraction of sp³-hybridized carbons (Fsp3) is 0.308. The minimum atomic E-state index is -2.92. The van der Waals surface area contributed by atoms with E-state index in [-0.39, 0.29) is 17.8 Å². The van der Waals surface area contributed by atoms with Crippen molar-refractivity contribution in [2.75, 3.05) is 6.61 Å². The van der Waals surface area contributed by atoms with Crippen LogP contribution in [0.3, 0.4) is 0 Å². The third kappa shape index (κ3) is 2.08. The van der Waals surface area contributed by atoms with Crippen LogP contribution in [0.4, 0.5) is 8.78 Å². The molecule has 0 saturated heterocycles. The standard InChI is InChI=1S/C13H11F2NO3/c14-13(15)19-10-3-1-2-7-11(10)16-9-4-5-18-6-8(9)12(7)17/h1-3,13H,4-6H2,(H,16,17). The lowest BCUT2D eigenvalue weighted by Gasteiger charge is -2.17. The van der Waals surface area contributed by atoms with Gasteiger partial charge in [0, 0.05) is 23.1 Å². The summed E-state index contributed by atoms with van der Waals surface area (Å²) in [7, 11) is 0. The van der Waals surface area contributed by atoms with Gasteiger partial charge in [0.25, 0.3) is 0 Å². The molecule has 6 heteroatoms. The highest BCUT2D eigenvalue weighted by molar-refractivity contribution is 5.85.